The van der Waals surface area contributed by atoms with Crippen LogP contribution in [0.2, 0.25) is 0 Å². The summed E-state index contributed by atoms with van der Waals surface area (Å²) in [4.78, 5) is 11.7. The number of amides is 1. The number of hydrogen-bond donors (Lipinski definition) is 2. The molecule has 100 valence electrons. The summed E-state index contributed by atoms with van der Waals surface area (Å²) in [5.74, 6) is -0.198. The van der Waals surface area contributed by atoms with E-state index in [-0.39, 0.29) is 5.91 Å². The maximum atomic E-state index is 11.7. The fourth-order valence-corrected chi connectivity index (χ4v) is 1.41. The molecule has 1 atom stereocenters. The largest absolute Gasteiger partial charge is 0.382 e. The van der Waals surface area contributed by atoms with E-state index in [0.29, 0.717) is 26.4 Å². The number of carbonyl (C=O) groups excluding carboxylic acids is 1. The molecule has 1 amide bonds. The van der Waals surface area contributed by atoms with Crippen LogP contribution >= 0.6 is 0 Å². The van der Waals surface area contributed by atoms with Crippen LogP contribution < -0.4 is 11.1 Å². The Kier molecular flexibility index (Phi) is 7.01. The summed E-state index contributed by atoms with van der Waals surface area (Å²) in [6.45, 7) is 1.98. The number of nitrogens with two attached hydrogens (primary N) is 1. The van der Waals surface area contributed by atoms with Gasteiger partial charge in [-0.1, -0.05) is 30.3 Å². The summed E-state index contributed by atoms with van der Waals surface area (Å²) in [5, 5.41) is 2.73. The fourth-order valence-electron chi connectivity index (χ4n) is 1.41. The van der Waals surface area contributed by atoms with Crippen molar-refractivity contribution in [3.63, 3.8) is 0 Å². The average molecular weight is 252 g/mol. The number of carbonyl (C=O) groups is 1. The molecule has 0 saturated carbocycles. The Morgan fingerprint density at radius 3 is 2.67 bits per heavy atom. The van der Waals surface area contributed by atoms with Crippen LogP contribution in [0.15, 0.2) is 30.3 Å². The molecule has 5 nitrogen and oxygen atoms in total. The maximum Gasteiger partial charge on any atom is 0.241 e. The molecule has 0 saturated heterocycles. The number of nitrogens with one attached hydrogen (secondary N) is 1. The number of methoxy groups -OCH3 is 1. The molecule has 5 heteroatoms. The third kappa shape index (κ3) is 5.27. The maximum absolute atomic E-state index is 11.7. The highest BCUT2D eigenvalue weighted by Gasteiger charge is 2.14. The lowest BCUT2D eigenvalue weighted by Gasteiger charge is -2.12. The third-order valence-corrected chi connectivity index (χ3v) is 2.42. The summed E-state index contributed by atoms with van der Waals surface area (Å²) in [6.07, 6.45) is 0. The Bertz CT molecular complexity index is 343. The quantitative estimate of drug-likeness (QED) is 0.659. The molecule has 0 spiro atoms. The zero-order valence-corrected chi connectivity index (χ0v) is 10.6. The lowest BCUT2D eigenvalue weighted by molar-refractivity contribution is -0.122. The molecule has 0 radical (unpaired) electrons. The fraction of sp³-hybridized carbons (Fsp3) is 0.462. The zero-order chi connectivity index (χ0) is 13.2. The van der Waals surface area contributed by atoms with Crippen LogP contribution in [-0.2, 0) is 14.3 Å². The summed E-state index contributed by atoms with van der Waals surface area (Å²) >= 11 is 0. The van der Waals surface area contributed by atoms with E-state index >= 15 is 0 Å². The molecule has 0 heterocycles. The number of ether oxygens (including phenoxy) is 2. The van der Waals surface area contributed by atoms with Gasteiger partial charge < -0.3 is 20.5 Å². The van der Waals surface area contributed by atoms with Gasteiger partial charge in [-0.15, -0.1) is 0 Å². The highest BCUT2D eigenvalue weighted by atomic mass is 16.5. The second kappa shape index (κ2) is 8.63. The van der Waals surface area contributed by atoms with Crippen molar-refractivity contribution in [2.24, 2.45) is 5.73 Å². The van der Waals surface area contributed by atoms with E-state index in [1.165, 1.54) is 0 Å². The molecule has 0 aromatic heterocycles. The lowest BCUT2D eigenvalue weighted by atomic mass is 10.1. The molecule has 0 aliphatic rings. The van der Waals surface area contributed by atoms with Crippen LogP contribution in [0.1, 0.15) is 11.6 Å². The Morgan fingerprint density at radius 1 is 1.28 bits per heavy atom. The van der Waals surface area contributed by atoms with E-state index < -0.39 is 6.04 Å². The Balaban J connectivity index is 2.20. The van der Waals surface area contributed by atoms with Crippen LogP contribution in [-0.4, -0.2) is 39.4 Å². The van der Waals surface area contributed by atoms with Gasteiger partial charge >= 0.3 is 0 Å². The van der Waals surface area contributed by atoms with Crippen molar-refractivity contribution in [2.45, 2.75) is 6.04 Å². The van der Waals surface area contributed by atoms with Crippen molar-refractivity contribution in [3.8, 4) is 0 Å². The molecule has 0 aliphatic heterocycles. The Hall–Kier alpha value is -1.43. The van der Waals surface area contributed by atoms with Gasteiger partial charge in [0.25, 0.3) is 0 Å². The van der Waals surface area contributed by atoms with E-state index in [4.69, 9.17) is 15.2 Å². The van der Waals surface area contributed by atoms with Crippen molar-refractivity contribution in [1.82, 2.24) is 5.32 Å². The third-order valence-electron chi connectivity index (χ3n) is 2.42. The smallest absolute Gasteiger partial charge is 0.241 e. The molecule has 0 aliphatic carbocycles. The highest BCUT2D eigenvalue weighted by molar-refractivity contribution is 5.82. The van der Waals surface area contributed by atoms with Gasteiger partial charge in [0.1, 0.15) is 6.04 Å². The van der Waals surface area contributed by atoms with Crippen molar-refractivity contribution < 1.29 is 14.3 Å². The highest BCUT2D eigenvalue weighted by Crippen LogP contribution is 2.08. The first kappa shape index (κ1) is 14.6. The van der Waals surface area contributed by atoms with Gasteiger partial charge in [-0.2, -0.15) is 0 Å². The van der Waals surface area contributed by atoms with Gasteiger partial charge in [0, 0.05) is 13.7 Å². The topological polar surface area (TPSA) is 73.6 Å². The first-order valence-electron chi connectivity index (χ1n) is 5.90. The van der Waals surface area contributed by atoms with E-state index in [2.05, 4.69) is 5.32 Å². The Morgan fingerprint density at radius 2 is 2.00 bits per heavy atom. The molecular weight excluding hydrogens is 232 g/mol. The molecule has 3 N–H and O–H groups in total. The zero-order valence-electron chi connectivity index (χ0n) is 10.6. The number of benzene rings is 1. The second-order valence-corrected chi connectivity index (χ2v) is 3.78. The Labute approximate surface area is 107 Å². The van der Waals surface area contributed by atoms with Crippen LogP contribution in [0, 0.1) is 0 Å². The molecular formula is C13H20N2O3. The minimum absolute atomic E-state index is 0.198. The molecule has 18 heavy (non-hydrogen) atoms. The normalized spacial score (nSPS) is 12.1. The van der Waals surface area contributed by atoms with Crippen molar-refractivity contribution in [1.29, 1.82) is 0 Å². The van der Waals surface area contributed by atoms with Gasteiger partial charge in [0.2, 0.25) is 5.91 Å². The van der Waals surface area contributed by atoms with Gasteiger partial charge in [0.15, 0.2) is 0 Å². The minimum Gasteiger partial charge on any atom is -0.382 e. The molecule has 0 bridgehead atoms. The predicted octanol–water partition coefficient (Wildman–Crippen LogP) is 0.466. The van der Waals surface area contributed by atoms with Gasteiger partial charge in [-0.3, -0.25) is 4.79 Å². The lowest BCUT2D eigenvalue weighted by Crippen LogP contribution is -2.36. The van der Waals surface area contributed by atoms with Crippen LogP contribution in [0.5, 0.6) is 0 Å². The molecule has 1 aromatic carbocycles. The van der Waals surface area contributed by atoms with E-state index in [1.54, 1.807) is 7.11 Å². The van der Waals surface area contributed by atoms with Crippen LogP contribution in [0.4, 0.5) is 0 Å². The van der Waals surface area contributed by atoms with Crippen molar-refractivity contribution in [2.75, 3.05) is 33.5 Å². The standard InChI is InChI=1S/C13H20N2O3/c1-17-9-10-18-8-7-15-13(16)12(14)11-5-3-2-4-6-11/h2-6,12H,7-10,14H2,1H3,(H,15,16). The monoisotopic (exact) mass is 252 g/mol. The minimum atomic E-state index is -0.634. The number of hydrogen-bond acceptors (Lipinski definition) is 4. The van der Waals surface area contributed by atoms with Crippen molar-refractivity contribution in [3.05, 3.63) is 35.9 Å². The summed E-state index contributed by atoms with van der Waals surface area (Å²) in [7, 11) is 1.62. The van der Waals surface area contributed by atoms with Gasteiger partial charge in [-0.05, 0) is 5.56 Å². The molecule has 1 unspecified atom stereocenters. The first-order valence-corrected chi connectivity index (χ1v) is 5.90. The van der Waals surface area contributed by atoms with Crippen molar-refractivity contribution >= 4 is 5.91 Å². The average Bonchev–Trinajstić information content (AvgIpc) is 2.42. The molecule has 0 fully saturated rings. The summed E-state index contributed by atoms with van der Waals surface area (Å²) in [5.41, 5.74) is 6.63. The van der Waals surface area contributed by atoms with Gasteiger partial charge in [0.05, 0.1) is 19.8 Å². The SMILES string of the molecule is COCCOCCNC(=O)C(N)c1ccccc1. The van der Waals surface area contributed by atoms with Gasteiger partial charge in [-0.25, -0.2) is 0 Å². The summed E-state index contributed by atoms with van der Waals surface area (Å²) in [6, 6.07) is 8.63. The second-order valence-electron chi connectivity index (χ2n) is 3.78. The molecule has 1 rings (SSSR count). The first-order chi connectivity index (χ1) is 8.75. The van der Waals surface area contributed by atoms with Crippen LogP contribution in [0.25, 0.3) is 0 Å². The number of rotatable bonds is 8. The van der Waals surface area contributed by atoms with E-state index in [9.17, 15) is 4.79 Å². The van der Waals surface area contributed by atoms with E-state index in [0.717, 1.165) is 5.56 Å². The predicted molar refractivity (Wildman–Crippen MR) is 69.1 cm³/mol. The van der Waals surface area contributed by atoms with Crippen LogP contribution in [0.3, 0.4) is 0 Å². The molecule has 1 aromatic rings. The summed E-state index contributed by atoms with van der Waals surface area (Å²) < 4.78 is 10.1. The van der Waals surface area contributed by atoms with E-state index in [1.807, 2.05) is 30.3 Å².